The summed E-state index contributed by atoms with van der Waals surface area (Å²) in [7, 11) is 4.19. The van der Waals surface area contributed by atoms with Crippen LogP contribution in [0.25, 0.3) is 43.1 Å². The molecule has 4 heterocycles. The largest absolute Gasteiger partial charge is 0.339 e. The topological polar surface area (TPSA) is 185 Å². The first-order valence-electron chi connectivity index (χ1n) is 37.8. The van der Waals surface area contributed by atoms with Crippen LogP contribution in [0.5, 0.6) is 0 Å². The van der Waals surface area contributed by atoms with Gasteiger partial charge < -0.3 is 9.80 Å². The fraction of sp³-hybridized carbons (Fsp3) is 0.167. The lowest BCUT2D eigenvalue weighted by Gasteiger charge is -2.31. The molecular formula is C96H80N8O8+2. The summed E-state index contributed by atoms with van der Waals surface area (Å²) in [6.07, 6.45) is 15.8. The highest BCUT2D eigenvalue weighted by Gasteiger charge is 2.51. The number of hydrogen-bond donors (Lipinski definition) is 0. The van der Waals surface area contributed by atoms with Crippen LogP contribution < -0.4 is 9.80 Å². The second kappa shape index (κ2) is 27.8. The number of non-ortho nitro benzene ring substituents is 4. The summed E-state index contributed by atoms with van der Waals surface area (Å²) in [5, 5.41) is 56.4. The van der Waals surface area contributed by atoms with Crippen molar-refractivity contribution < 1.29 is 28.8 Å². The molecule has 0 spiro atoms. The Morgan fingerprint density at radius 1 is 0.321 bits per heavy atom. The van der Waals surface area contributed by atoms with Crippen molar-refractivity contribution in [2.45, 2.75) is 88.1 Å². The van der Waals surface area contributed by atoms with E-state index in [1.54, 1.807) is 48.5 Å². The van der Waals surface area contributed by atoms with Crippen LogP contribution in [-0.4, -0.2) is 54.4 Å². The lowest BCUT2D eigenvalue weighted by atomic mass is 9.72. The Kier molecular flexibility index (Phi) is 17.7. The zero-order valence-electron chi connectivity index (χ0n) is 63.0. The third kappa shape index (κ3) is 12.2. The number of allylic oxidation sites excluding steroid dienone is 8. The van der Waals surface area contributed by atoms with Gasteiger partial charge in [-0.25, -0.2) is 0 Å². The monoisotopic (exact) mass is 1470 g/mol. The smallest absolute Gasteiger partial charge is 0.270 e. The molecule has 4 aliphatic rings. The molecule has 0 N–H and O–H groups in total. The van der Waals surface area contributed by atoms with Crippen LogP contribution in [0, 0.1) is 40.5 Å². The fourth-order valence-electron chi connectivity index (χ4n) is 19.2. The summed E-state index contributed by atoms with van der Waals surface area (Å²) in [6.45, 7) is 10.0. The van der Waals surface area contributed by atoms with Crippen LogP contribution in [0.15, 0.2) is 315 Å². The van der Waals surface area contributed by atoms with Crippen molar-refractivity contribution in [2.24, 2.45) is 0 Å². The molecule has 4 unspecified atom stereocenters. The van der Waals surface area contributed by atoms with Gasteiger partial charge in [-0.05, 0) is 202 Å². The van der Waals surface area contributed by atoms with E-state index < -0.39 is 21.7 Å². The molecule has 0 fully saturated rings. The molecule has 0 saturated carbocycles. The van der Waals surface area contributed by atoms with Gasteiger partial charge in [-0.3, -0.25) is 40.5 Å². The van der Waals surface area contributed by atoms with Crippen LogP contribution in [-0.2, 0) is 60.4 Å². The second-order valence-corrected chi connectivity index (χ2v) is 31.2. The number of benzene rings is 13. The lowest BCUT2D eigenvalue weighted by molar-refractivity contribution is -0.401. The number of nitro groups is 4. The van der Waals surface area contributed by atoms with E-state index in [9.17, 15) is 40.5 Å². The molecule has 0 amide bonds. The fourth-order valence-corrected chi connectivity index (χ4v) is 19.2. The molecule has 4 aliphatic heterocycles. The molecule has 0 bridgehead atoms. The number of hydrogen-bond acceptors (Lipinski definition) is 10. The van der Waals surface area contributed by atoms with Gasteiger partial charge >= 0.3 is 0 Å². The Balaban J connectivity index is 0.785. The van der Waals surface area contributed by atoms with Crippen LogP contribution >= 0.6 is 0 Å². The third-order valence-corrected chi connectivity index (χ3v) is 24.2. The molecule has 112 heavy (non-hydrogen) atoms. The summed E-state index contributed by atoms with van der Waals surface area (Å²) in [5.41, 5.74) is 16.4. The Morgan fingerprint density at radius 2 is 0.625 bits per heavy atom. The highest BCUT2D eigenvalue weighted by Crippen LogP contribution is 2.57. The summed E-state index contributed by atoms with van der Waals surface area (Å²) in [6, 6.07) is 87.7. The van der Waals surface area contributed by atoms with E-state index in [-0.39, 0.29) is 42.4 Å². The molecule has 550 valence electrons. The molecule has 17 rings (SSSR count). The van der Waals surface area contributed by atoms with E-state index >= 15 is 0 Å². The van der Waals surface area contributed by atoms with Gasteiger partial charge in [0.1, 0.15) is 14.1 Å². The maximum absolute atomic E-state index is 12.8. The molecule has 13 aromatic carbocycles. The van der Waals surface area contributed by atoms with E-state index in [0.717, 1.165) is 144 Å². The van der Waals surface area contributed by atoms with Crippen molar-refractivity contribution in [2.75, 3.05) is 23.9 Å². The number of nitrogens with zero attached hydrogens (tertiary/aromatic N) is 8. The van der Waals surface area contributed by atoms with Crippen LogP contribution in [0.3, 0.4) is 0 Å². The predicted octanol–water partition coefficient (Wildman–Crippen LogP) is 21.7. The molecule has 0 aromatic heterocycles. The predicted molar refractivity (Wildman–Crippen MR) is 447 cm³/mol. The molecular weight excluding hydrogens is 1390 g/mol. The third-order valence-electron chi connectivity index (χ3n) is 24.2. The average molecular weight is 1470 g/mol. The van der Waals surface area contributed by atoms with Gasteiger partial charge in [0.05, 0.1) is 30.5 Å². The molecule has 16 nitrogen and oxygen atoms in total. The quantitative estimate of drug-likeness (QED) is 0.0404. The van der Waals surface area contributed by atoms with Crippen molar-refractivity contribution in [1.29, 1.82) is 0 Å². The normalized spacial score (nSPS) is 19.8. The summed E-state index contributed by atoms with van der Waals surface area (Å²) in [4.78, 5) is 53.0. The molecule has 16 heteroatoms. The standard InChI is InChI=1S/C96H80N8O8/c1-93(57-63-21-11-7-12-22-63)85(97(5)81-49-39-70-53-73(101(105)106)43-46-77(70)89(81)93)29-19-31-87-95(3,59-65-25-15-9-16-26-65)91-79-48-45-75(103(109)110)55-72(79)41-52-83(91)99(87)61-67-33-35-68(36-34-67)62-100-84-51-38-69-37-42-76(104(111)112)56-80(69)92(84)96(4,60-66-27-17-10-18-28-66)88(100)32-20-30-86-94(2,58-64-23-13-8-14-24-64)90-78-47-44-74(102(107)108)54-71(78)40-50-82(90)98(86)6/h7-56H,57-62H2,1-6H3/q+2. The van der Waals surface area contributed by atoms with Gasteiger partial charge in [0.2, 0.25) is 11.4 Å². The van der Waals surface area contributed by atoms with Crippen molar-refractivity contribution in [3.8, 4) is 0 Å². The van der Waals surface area contributed by atoms with E-state index in [4.69, 9.17) is 0 Å². The molecule has 13 aromatic rings. The molecule has 0 radical (unpaired) electrons. The van der Waals surface area contributed by atoms with Crippen molar-refractivity contribution in [1.82, 2.24) is 0 Å². The minimum Gasteiger partial charge on any atom is -0.339 e. The van der Waals surface area contributed by atoms with Gasteiger partial charge in [-0.15, -0.1) is 0 Å². The van der Waals surface area contributed by atoms with Crippen molar-refractivity contribution >= 4 is 100 Å². The van der Waals surface area contributed by atoms with Crippen LogP contribution in [0.1, 0.15) is 83.3 Å². The Hall–Kier alpha value is -13.6. The zero-order valence-corrected chi connectivity index (χ0v) is 63.0. The number of rotatable bonds is 20. The van der Waals surface area contributed by atoms with Gasteiger partial charge in [0.15, 0.2) is 11.4 Å². The number of nitro benzene ring substituents is 4. The first-order valence-corrected chi connectivity index (χ1v) is 37.8. The SMILES string of the molecule is C[N+]1=C(/C=C/C=C2/N(Cc3ccc(CN4/C(=C/C=C/C5=[N+](C)c6ccc7cc([N+](=O)[O-])ccc7c6C5(C)Cc5ccccc5)C(C)(Cc5ccccc5)c5c4ccc4ccc([N+](=O)[O-])cc54)cc3)c3ccc4cc([N+](=O)[O-])ccc4c3C2(C)Cc2ccccc2)C(C)(Cc2ccccc2)c2c1ccc1cc([N+](=O)[O-])ccc21. The average Bonchev–Trinajstić information content (AvgIpc) is 1.57. The summed E-state index contributed by atoms with van der Waals surface area (Å²) in [5.74, 6) is 0. The highest BCUT2D eigenvalue weighted by atomic mass is 16.6. The Morgan fingerprint density at radius 3 is 0.991 bits per heavy atom. The number of fused-ring (bicyclic) bond motifs is 12. The molecule has 0 aliphatic carbocycles. The first-order chi connectivity index (χ1) is 54.1. The molecule has 4 atom stereocenters. The van der Waals surface area contributed by atoms with E-state index in [2.05, 4.69) is 249 Å². The zero-order chi connectivity index (χ0) is 77.5. The van der Waals surface area contributed by atoms with Gasteiger partial charge in [-0.2, -0.15) is 9.15 Å². The minimum atomic E-state index is -0.749. The first kappa shape index (κ1) is 71.3. The lowest BCUT2D eigenvalue weighted by Crippen LogP contribution is -2.33. The van der Waals surface area contributed by atoms with Gasteiger partial charge in [-0.1, -0.05) is 170 Å². The summed E-state index contributed by atoms with van der Waals surface area (Å²) >= 11 is 0. The van der Waals surface area contributed by atoms with Crippen LogP contribution in [0.4, 0.5) is 45.5 Å². The van der Waals surface area contributed by atoms with Crippen molar-refractivity contribution in [3.05, 3.63) is 411 Å². The van der Waals surface area contributed by atoms with E-state index in [0.29, 0.717) is 38.8 Å². The second-order valence-electron chi connectivity index (χ2n) is 31.2. The Bertz CT molecular complexity index is 6320. The molecule has 0 saturated heterocycles. The van der Waals surface area contributed by atoms with Crippen molar-refractivity contribution in [3.63, 3.8) is 0 Å². The van der Waals surface area contributed by atoms with Gasteiger partial charge in [0.25, 0.3) is 22.7 Å². The van der Waals surface area contributed by atoms with Crippen LogP contribution in [0.2, 0.25) is 0 Å². The number of anilines is 2. The van der Waals surface area contributed by atoms with Gasteiger partial charge in [0, 0.05) is 131 Å². The van der Waals surface area contributed by atoms with E-state index in [1.165, 1.54) is 0 Å². The summed E-state index contributed by atoms with van der Waals surface area (Å²) < 4.78 is 4.51. The highest BCUT2D eigenvalue weighted by molar-refractivity contribution is 6.10. The van der Waals surface area contributed by atoms with E-state index in [1.807, 2.05) is 66.7 Å². The Labute approximate surface area is 648 Å². The maximum atomic E-state index is 12.8. The maximum Gasteiger partial charge on any atom is 0.270 e. The minimum absolute atomic E-state index is 0.00892.